The van der Waals surface area contributed by atoms with Gasteiger partial charge in [-0.05, 0) is 45.2 Å². The largest absolute Gasteiger partial charge is 0.417 e. The minimum atomic E-state index is -4.93. The minimum Gasteiger partial charge on any atom is -0.367 e. The van der Waals surface area contributed by atoms with E-state index in [9.17, 15) is 22.8 Å². The third-order valence-electron chi connectivity index (χ3n) is 7.03. The smallest absolute Gasteiger partial charge is 0.367 e. The number of rotatable bonds is 5. The van der Waals surface area contributed by atoms with Crippen LogP contribution >= 0.6 is 0 Å². The molecule has 1 amide bonds. The molecule has 8 nitrogen and oxygen atoms in total. The van der Waals surface area contributed by atoms with Crippen LogP contribution in [0.2, 0.25) is 0 Å². The lowest BCUT2D eigenvalue weighted by molar-refractivity contribution is -0.138. The number of halogens is 4. The lowest BCUT2D eigenvalue weighted by Gasteiger charge is -2.44. The maximum Gasteiger partial charge on any atom is 0.417 e. The Kier molecular flexibility index (Phi) is 7.69. The topological polar surface area (TPSA) is 84.6 Å². The fraction of sp³-hybridized carbons (Fsp3) is 0.370. The zero-order valence-electron chi connectivity index (χ0n) is 22.2. The van der Waals surface area contributed by atoms with Crippen LogP contribution in [0.15, 0.2) is 47.5 Å². The van der Waals surface area contributed by atoms with Gasteiger partial charge in [0.15, 0.2) is 0 Å². The van der Waals surface area contributed by atoms with Crippen molar-refractivity contribution in [3.05, 3.63) is 70.0 Å². The van der Waals surface area contributed by atoms with E-state index in [1.165, 1.54) is 18.3 Å². The van der Waals surface area contributed by atoms with Crippen molar-refractivity contribution in [2.24, 2.45) is 0 Å². The second kappa shape index (κ2) is 10.7. The molecule has 0 spiro atoms. The number of carbonyl (C=O) groups is 1. The van der Waals surface area contributed by atoms with Gasteiger partial charge in [0.25, 0.3) is 5.91 Å². The molecule has 2 aromatic heterocycles. The molecule has 3 aromatic rings. The third-order valence-corrected chi connectivity index (χ3v) is 7.03. The Morgan fingerprint density at radius 3 is 2.36 bits per heavy atom. The fourth-order valence-electron chi connectivity index (χ4n) is 4.64. The number of amides is 1. The van der Waals surface area contributed by atoms with Crippen molar-refractivity contribution in [2.75, 3.05) is 49.3 Å². The number of likely N-dealkylation sites (N-methyl/N-ethyl adjacent to an activating group) is 1. The molecule has 12 heteroatoms. The quantitative estimate of drug-likeness (QED) is 0.461. The molecule has 0 aliphatic carbocycles. The summed E-state index contributed by atoms with van der Waals surface area (Å²) in [4.78, 5) is 37.1. The number of hydrogen-bond acceptors (Lipinski definition) is 6. The molecule has 208 valence electrons. The van der Waals surface area contributed by atoms with E-state index in [0.717, 1.165) is 6.20 Å². The van der Waals surface area contributed by atoms with E-state index in [2.05, 4.69) is 20.2 Å². The van der Waals surface area contributed by atoms with Crippen LogP contribution in [-0.4, -0.2) is 67.1 Å². The SMILES string of the molecule is C[C@@H]1CN(c2cc(F)c(-c3ccc(N(C)C)nc3)cc2NC(=O)c2c[nH]c(=O)cc2C(F)(F)F)C[C@H](C)N1C. The molecule has 0 bridgehead atoms. The van der Waals surface area contributed by atoms with Gasteiger partial charge in [-0.3, -0.25) is 14.5 Å². The molecule has 1 aromatic carbocycles. The Hall–Kier alpha value is -3.93. The van der Waals surface area contributed by atoms with Crippen molar-refractivity contribution in [1.29, 1.82) is 0 Å². The first-order valence-corrected chi connectivity index (χ1v) is 12.3. The van der Waals surface area contributed by atoms with Crippen LogP contribution in [0.5, 0.6) is 0 Å². The number of pyridine rings is 2. The monoisotopic (exact) mass is 546 g/mol. The van der Waals surface area contributed by atoms with Crippen molar-refractivity contribution in [3.8, 4) is 11.1 Å². The van der Waals surface area contributed by atoms with Gasteiger partial charge in [0.2, 0.25) is 5.56 Å². The van der Waals surface area contributed by atoms with E-state index in [1.54, 1.807) is 17.0 Å². The molecule has 3 heterocycles. The van der Waals surface area contributed by atoms with E-state index in [0.29, 0.717) is 36.2 Å². The average molecular weight is 547 g/mol. The lowest BCUT2D eigenvalue weighted by Crippen LogP contribution is -2.55. The Morgan fingerprint density at radius 2 is 1.79 bits per heavy atom. The predicted molar refractivity (Wildman–Crippen MR) is 143 cm³/mol. The molecule has 1 aliphatic heterocycles. The highest BCUT2D eigenvalue weighted by atomic mass is 19.4. The van der Waals surface area contributed by atoms with Crippen LogP contribution < -0.4 is 20.7 Å². The van der Waals surface area contributed by atoms with Crippen molar-refractivity contribution in [2.45, 2.75) is 32.1 Å². The summed E-state index contributed by atoms with van der Waals surface area (Å²) in [5.74, 6) is -1.00. The number of benzene rings is 1. The molecule has 4 rings (SSSR count). The molecule has 1 aliphatic rings. The molecule has 2 atom stereocenters. The molecule has 1 fully saturated rings. The van der Waals surface area contributed by atoms with Crippen molar-refractivity contribution >= 4 is 23.1 Å². The first-order valence-electron chi connectivity index (χ1n) is 12.3. The summed E-state index contributed by atoms with van der Waals surface area (Å²) < 4.78 is 56.5. The summed E-state index contributed by atoms with van der Waals surface area (Å²) in [5.41, 5.74) is -2.07. The van der Waals surface area contributed by atoms with E-state index in [1.807, 2.05) is 39.9 Å². The lowest BCUT2D eigenvalue weighted by atomic mass is 10.0. The van der Waals surface area contributed by atoms with E-state index >= 15 is 4.39 Å². The van der Waals surface area contributed by atoms with Gasteiger partial charge < -0.3 is 20.1 Å². The first-order chi connectivity index (χ1) is 18.3. The number of hydrogen-bond donors (Lipinski definition) is 2. The van der Waals surface area contributed by atoms with Crippen LogP contribution in [0, 0.1) is 5.82 Å². The highest BCUT2D eigenvalue weighted by Crippen LogP contribution is 2.37. The summed E-state index contributed by atoms with van der Waals surface area (Å²) in [6, 6.07) is 6.61. The van der Waals surface area contributed by atoms with Crippen LogP contribution in [0.1, 0.15) is 29.8 Å². The number of H-pyrrole nitrogens is 1. The van der Waals surface area contributed by atoms with Crippen molar-refractivity contribution in [1.82, 2.24) is 14.9 Å². The molecule has 2 N–H and O–H groups in total. The number of piperazine rings is 1. The van der Waals surface area contributed by atoms with Gasteiger partial charge in [0, 0.05) is 68.9 Å². The summed E-state index contributed by atoms with van der Waals surface area (Å²) in [6.45, 7) is 5.04. The number of alkyl halides is 3. The van der Waals surface area contributed by atoms with Crippen LogP contribution in [0.4, 0.5) is 34.8 Å². The standard InChI is InChI=1S/C27H30F4N6O2/c1-15-13-37(14-16(2)36(15)5)23-10-21(28)18(17-6-7-24(32-11-17)35(3)4)8-22(23)34-26(39)19-12-33-25(38)9-20(19)27(29,30)31/h6-12,15-16H,13-14H2,1-5H3,(H,33,38)(H,34,39)/t15-,16+. The maximum absolute atomic E-state index is 15.5. The van der Waals surface area contributed by atoms with E-state index in [-0.39, 0.29) is 23.3 Å². The van der Waals surface area contributed by atoms with Crippen LogP contribution in [0.3, 0.4) is 0 Å². The zero-order valence-corrected chi connectivity index (χ0v) is 22.2. The molecular weight excluding hydrogens is 516 g/mol. The van der Waals surface area contributed by atoms with Crippen LogP contribution in [-0.2, 0) is 6.18 Å². The maximum atomic E-state index is 15.5. The molecule has 0 unspecified atom stereocenters. The number of aromatic nitrogens is 2. The summed E-state index contributed by atoms with van der Waals surface area (Å²) >= 11 is 0. The highest BCUT2D eigenvalue weighted by Gasteiger charge is 2.36. The second-order valence-corrected chi connectivity index (χ2v) is 9.99. The Balaban J connectivity index is 1.81. The molecule has 0 saturated carbocycles. The molecular formula is C27H30F4N6O2. The summed E-state index contributed by atoms with van der Waals surface area (Å²) in [7, 11) is 5.61. The number of carbonyl (C=O) groups excluding carboxylic acids is 1. The van der Waals surface area contributed by atoms with Gasteiger partial charge >= 0.3 is 6.18 Å². The average Bonchev–Trinajstić information content (AvgIpc) is 2.87. The Labute approximate surface area is 223 Å². The zero-order chi connectivity index (χ0) is 28.6. The van der Waals surface area contributed by atoms with Gasteiger partial charge in [0.1, 0.15) is 11.6 Å². The highest BCUT2D eigenvalue weighted by molar-refractivity contribution is 6.07. The second-order valence-electron chi connectivity index (χ2n) is 9.99. The van der Waals surface area contributed by atoms with Gasteiger partial charge in [-0.15, -0.1) is 0 Å². The minimum absolute atomic E-state index is 0.0962. The number of aromatic amines is 1. The first kappa shape index (κ1) is 28.1. The Bertz CT molecular complexity index is 1410. The van der Waals surface area contributed by atoms with E-state index in [4.69, 9.17) is 0 Å². The Morgan fingerprint density at radius 1 is 1.13 bits per heavy atom. The van der Waals surface area contributed by atoms with Gasteiger partial charge in [-0.1, -0.05) is 0 Å². The molecule has 39 heavy (non-hydrogen) atoms. The normalized spacial score (nSPS) is 18.2. The van der Waals surface area contributed by atoms with Gasteiger partial charge in [-0.2, -0.15) is 13.2 Å². The summed E-state index contributed by atoms with van der Waals surface area (Å²) in [5, 5.41) is 2.55. The summed E-state index contributed by atoms with van der Waals surface area (Å²) in [6.07, 6.45) is -2.71. The number of nitrogens with zero attached hydrogens (tertiary/aromatic N) is 4. The van der Waals surface area contributed by atoms with E-state index < -0.39 is 34.6 Å². The third kappa shape index (κ3) is 5.90. The predicted octanol–water partition coefficient (Wildman–Crippen LogP) is 4.44. The van der Waals surface area contributed by atoms with Crippen molar-refractivity contribution in [3.63, 3.8) is 0 Å². The van der Waals surface area contributed by atoms with Crippen LogP contribution in [0.25, 0.3) is 11.1 Å². The molecule has 0 radical (unpaired) electrons. The fourth-order valence-corrected chi connectivity index (χ4v) is 4.64. The van der Waals surface area contributed by atoms with Gasteiger partial charge in [0.05, 0.1) is 22.5 Å². The van der Waals surface area contributed by atoms with Gasteiger partial charge in [-0.25, -0.2) is 9.37 Å². The molecule has 1 saturated heterocycles. The number of nitrogens with one attached hydrogen (secondary N) is 2. The van der Waals surface area contributed by atoms with Crippen molar-refractivity contribution < 1.29 is 22.4 Å². The number of anilines is 3.